The molecule has 1 aliphatic carbocycles. The monoisotopic (exact) mass is 420 g/mol. The van der Waals surface area contributed by atoms with Crippen LogP contribution in [-0.4, -0.2) is 41.0 Å². The van der Waals surface area contributed by atoms with Crippen molar-refractivity contribution in [2.45, 2.75) is 64.0 Å². The summed E-state index contributed by atoms with van der Waals surface area (Å²) in [5, 5.41) is 3.51. The van der Waals surface area contributed by atoms with E-state index in [1.807, 2.05) is 0 Å². The van der Waals surface area contributed by atoms with Gasteiger partial charge in [-0.25, -0.2) is 9.97 Å². The minimum atomic E-state index is 0.586. The first-order chi connectivity index (χ1) is 14.8. The Labute approximate surface area is 184 Å². The van der Waals surface area contributed by atoms with Gasteiger partial charge in [0.15, 0.2) is 0 Å². The van der Waals surface area contributed by atoms with Gasteiger partial charge in [0.2, 0.25) is 0 Å². The van der Waals surface area contributed by atoms with Crippen LogP contribution in [0, 0.1) is 0 Å². The summed E-state index contributed by atoms with van der Waals surface area (Å²) >= 11 is 1.77. The number of fused-ring (bicyclic) bond motifs is 1. The molecule has 0 atom stereocenters. The maximum Gasteiger partial charge on any atom is 0.146 e. The summed E-state index contributed by atoms with van der Waals surface area (Å²) in [4.78, 5) is 16.4. The molecule has 3 heterocycles. The molecule has 0 bridgehead atoms. The molecule has 158 valence electrons. The summed E-state index contributed by atoms with van der Waals surface area (Å²) in [5.74, 6) is 2.13. The standard InChI is InChI=1S/C25H32N4S/c1-28(20-13-7-3-8-14-20)24-23-21(19-11-5-2-6-12-19)18-30-25(23)27-22(26-24)17-29-15-9-4-10-16-29/h2,5-6,11-12,18,20H,3-4,7-10,13-17H2,1H3. The van der Waals surface area contributed by atoms with Crippen LogP contribution in [0.4, 0.5) is 5.82 Å². The highest BCUT2D eigenvalue weighted by Crippen LogP contribution is 2.39. The van der Waals surface area contributed by atoms with Gasteiger partial charge in [-0.2, -0.15) is 0 Å². The molecule has 0 unspecified atom stereocenters. The van der Waals surface area contributed by atoms with Crippen molar-refractivity contribution >= 4 is 27.4 Å². The topological polar surface area (TPSA) is 32.3 Å². The smallest absolute Gasteiger partial charge is 0.146 e. The molecule has 1 saturated heterocycles. The summed E-state index contributed by atoms with van der Waals surface area (Å²) in [6.45, 7) is 3.23. The van der Waals surface area contributed by atoms with Crippen molar-refractivity contribution in [3.63, 3.8) is 0 Å². The minimum Gasteiger partial charge on any atom is -0.356 e. The Morgan fingerprint density at radius 3 is 2.47 bits per heavy atom. The van der Waals surface area contributed by atoms with Crippen molar-refractivity contribution < 1.29 is 0 Å². The summed E-state index contributed by atoms with van der Waals surface area (Å²) in [5.41, 5.74) is 2.53. The molecule has 4 nitrogen and oxygen atoms in total. The zero-order chi connectivity index (χ0) is 20.3. The van der Waals surface area contributed by atoms with Gasteiger partial charge in [-0.3, -0.25) is 4.90 Å². The van der Waals surface area contributed by atoms with E-state index in [0.717, 1.165) is 23.0 Å². The first kappa shape index (κ1) is 20.0. The minimum absolute atomic E-state index is 0.586. The van der Waals surface area contributed by atoms with Gasteiger partial charge in [-0.1, -0.05) is 56.0 Å². The van der Waals surface area contributed by atoms with Crippen LogP contribution in [0.25, 0.3) is 21.3 Å². The highest BCUT2D eigenvalue weighted by atomic mass is 32.1. The summed E-state index contributed by atoms with van der Waals surface area (Å²) < 4.78 is 0. The Morgan fingerprint density at radius 2 is 1.70 bits per heavy atom. The van der Waals surface area contributed by atoms with Crippen LogP contribution in [0.2, 0.25) is 0 Å². The van der Waals surface area contributed by atoms with E-state index in [1.54, 1.807) is 11.3 Å². The van der Waals surface area contributed by atoms with Crippen molar-refractivity contribution in [2.75, 3.05) is 25.0 Å². The van der Waals surface area contributed by atoms with E-state index in [9.17, 15) is 0 Å². The molecule has 0 radical (unpaired) electrons. The van der Waals surface area contributed by atoms with E-state index in [4.69, 9.17) is 9.97 Å². The quantitative estimate of drug-likeness (QED) is 0.498. The fourth-order valence-corrected chi connectivity index (χ4v) is 6.04. The second-order valence-electron chi connectivity index (χ2n) is 8.90. The zero-order valence-corrected chi connectivity index (χ0v) is 18.8. The number of hydrogen-bond acceptors (Lipinski definition) is 5. The zero-order valence-electron chi connectivity index (χ0n) is 18.0. The van der Waals surface area contributed by atoms with Gasteiger partial charge >= 0.3 is 0 Å². The maximum atomic E-state index is 5.21. The van der Waals surface area contributed by atoms with Gasteiger partial charge in [0.25, 0.3) is 0 Å². The highest BCUT2D eigenvalue weighted by Gasteiger charge is 2.25. The largest absolute Gasteiger partial charge is 0.356 e. The van der Waals surface area contributed by atoms with Gasteiger partial charge in [0.05, 0.1) is 11.9 Å². The van der Waals surface area contributed by atoms with Gasteiger partial charge in [0, 0.05) is 24.0 Å². The SMILES string of the molecule is CN(c1nc(CN2CCCCC2)nc2scc(-c3ccccc3)c12)C1CCCCC1. The molecular formula is C25H32N4S. The molecule has 0 amide bonds. The number of benzene rings is 1. The third-order valence-corrected chi connectivity index (χ3v) is 7.69. The number of likely N-dealkylation sites (tertiary alicyclic amines) is 1. The molecule has 0 N–H and O–H groups in total. The first-order valence-corrected chi connectivity index (χ1v) is 12.5. The van der Waals surface area contributed by atoms with Crippen molar-refractivity contribution in [2.24, 2.45) is 0 Å². The van der Waals surface area contributed by atoms with Crippen LogP contribution in [-0.2, 0) is 6.54 Å². The predicted molar refractivity (Wildman–Crippen MR) is 127 cm³/mol. The number of piperidine rings is 1. The molecule has 5 rings (SSSR count). The second-order valence-corrected chi connectivity index (χ2v) is 9.76. The third-order valence-electron chi connectivity index (χ3n) is 6.82. The van der Waals surface area contributed by atoms with Crippen LogP contribution in [0.15, 0.2) is 35.7 Å². The van der Waals surface area contributed by atoms with Gasteiger partial charge in [-0.15, -0.1) is 11.3 Å². The summed E-state index contributed by atoms with van der Waals surface area (Å²) in [6, 6.07) is 11.3. The number of nitrogens with zero attached hydrogens (tertiary/aromatic N) is 4. The van der Waals surface area contributed by atoms with Crippen molar-refractivity contribution in [1.82, 2.24) is 14.9 Å². The van der Waals surface area contributed by atoms with Crippen molar-refractivity contribution in [3.8, 4) is 11.1 Å². The summed E-state index contributed by atoms with van der Waals surface area (Å²) in [6.07, 6.45) is 10.5. The highest BCUT2D eigenvalue weighted by molar-refractivity contribution is 7.17. The molecule has 5 heteroatoms. The number of hydrogen-bond donors (Lipinski definition) is 0. The van der Waals surface area contributed by atoms with Crippen LogP contribution >= 0.6 is 11.3 Å². The molecule has 2 aromatic heterocycles. The predicted octanol–water partition coefficient (Wildman–Crippen LogP) is 6.11. The lowest BCUT2D eigenvalue weighted by molar-refractivity contribution is 0.216. The number of rotatable bonds is 5. The molecular weight excluding hydrogens is 388 g/mol. The summed E-state index contributed by atoms with van der Waals surface area (Å²) in [7, 11) is 2.26. The van der Waals surface area contributed by atoms with Gasteiger partial charge < -0.3 is 4.90 Å². The Bertz CT molecular complexity index is 971. The van der Waals surface area contributed by atoms with E-state index in [-0.39, 0.29) is 0 Å². The van der Waals surface area contributed by atoms with E-state index < -0.39 is 0 Å². The van der Waals surface area contributed by atoms with Crippen LogP contribution in [0.1, 0.15) is 57.2 Å². The average Bonchev–Trinajstić information content (AvgIpc) is 3.24. The molecule has 1 aliphatic heterocycles. The fourth-order valence-electron chi connectivity index (χ4n) is 5.08. The van der Waals surface area contributed by atoms with E-state index in [2.05, 4.69) is 52.6 Å². The molecule has 2 fully saturated rings. The Hall–Kier alpha value is -1.98. The van der Waals surface area contributed by atoms with E-state index >= 15 is 0 Å². The molecule has 0 spiro atoms. The Balaban J connectivity index is 1.57. The van der Waals surface area contributed by atoms with Gasteiger partial charge in [-0.05, 0) is 44.3 Å². The van der Waals surface area contributed by atoms with Gasteiger partial charge in [0.1, 0.15) is 16.5 Å². The number of thiophene rings is 1. The lowest BCUT2D eigenvalue weighted by Gasteiger charge is -2.33. The van der Waals surface area contributed by atoms with Crippen LogP contribution < -0.4 is 4.90 Å². The number of anilines is 1. The molecule has 3 aromatic rings. The first-order valence-electron chi connectivity index (χ1n) is 11.6. The van der Waals surface area contributed by atoms with Crippen LogP contribution in [0.3, 0.4) is 0 Å². The Morgan fingerprint density at radius 1 is 0.967 bits per heavy atom. The van der Waals surface area contributed by atoms with Crippen LogP contribution in [0.5, 0.6) is 0 Å². The molecule has 1 aromatic carbocycles. The van der Waals surface area contributed by atoms with Crippen molar-refractivity contribution in [1.29, 1.82) is 0 Å². The van der Waals surface area contributed by atoms with E-state index in [0.29, 0.717) is 6.04 Å². The maximum absolute atomic E-state index is 5.21. The third kappa shape index (κ3) is 4.10. The normalized spacial score (nSPS) is 18.7. The molecule has 30 heavy (non-hydrogen) atoms. The Kier molecular flexibility index (Phi) is 6.00. The van der Waals surface area contributed by atoms with Crippen molar-refractivity contribution in [3.05, 3.63) is 41.5 Å². The number of aromatic nitrogens is 2. The lowest BCUT2D eigenvalue weighted by Crippen LogP contribution is -2.35. The molecule has 1 saturated carbocycles. The van der Waals surface area contributed by atoms with E-state index in [1.165, 1.54) is 81.0 Å². The fraction of sp³-hybridized carbons (Fsp3) is 0.520. The molecule has 2 aliphatic rings. The average molecular weight is 421 g/mol. The lowest BCUT2D eigenvalue weighted by atomic mass is 9.94. The second kappa shape index (κ2) is 9.03.